The van der Waals surface area contributed by atoms with Gasteiger partial charge in [0.1, 0.15) is 11.6 Å². The molecule has 5 nitrogen and oxygen atoms in total. The van der Waals surface area contributed by atoms with Gasteiger partial charge in [-0.2, -0.15) is 0 Å². The number of carbonyl (C=O) groups excluding carboxylic acids is 1. The zero-order chi connectivity index (χ0) is 12.5. The highest BCUT2D eigenvalue weighted by Gasteiger charge is 2.24. The van der Waals surface area contributed by atoms with Gasteiger partial charge in [-0.3, -0.25) is 4.79 Å². The van der Waals surface area contributed by atoms with Gasteiger partial charge in [-0.15, -0.1) is 0 Å². The number of nitrogens with one attached hydrogen (secondary N) is 3. The van der Waals surface area contributed by atoms with Gasteiger partial charge in [0, 0.05) is 0 Å². The molecule has 0 aliphatic carbocycles. The third-order valence-corrected chi connectivity index (χ3v) is 3.06. The molecule has 1 aliphatic rings. The summed E-state index contributed by atoms with van der Waals surface area (Å²) >= 11 is 0. The van der Waals surface area contributed by atoms with E-state index in [4.69, 9.17) is 0 Å². The first-order valence-electron chi connectivity index (χ1n) is 5.87. The third-order valence-electron chi connectivity index (χ3n) is 3.06. The Morgan fingerprint density at radius 1 is 1.56 bits per heavy atom. The number of nitrogens with zero attached hydrogens (tertiary/aromatic N) is 1. The first kappa shape index (κ1) is 11.2. The van der Waals surface area contributed by atoms with Crippen LogP contribution in [0.5, 0.6) is 0 Å². The summed E-state index contributed by atoms with van der Waals surface area (Å²) in [5.74, 6) is 0.302. The second-order valence-corrected chi connectivity index (χ2v) is 4.36. The highest BCUT2D eigenvalue weighted by atomic mass is 19.1. The molecule has 94 valence electrons. The normalized spacial score (nSPS) is 18.6. The number of carbonyl (C=O) groups is 1. The fourth-order valence-corrected chi connectivity index (χ4v) is 1.92. The van der Waals surface area contributed by atoms with Crippen molar-refractivity contribution in [1.29, 1.82) is 0 Å². The maximum absolute atomic E-state index is 13.0. The van der Waals surface area contributed by atoms with Crippen LogP contribution in [0.2, 0.25) is 0 Å². The number of hydrogen-bond donors (Lipinski definition) is 3. The Balaban J connectivity index is 1.68. The molecule has 1 aliphatic heterocycles. The Bertz CT molecular complexity index is 591. The second kappa shape index (κ2) is 4.38. The van der Waals surface area contributed by atoms with Crippen molar-refractivity contribution in [3.8, 4) is 0 Å². The molecule has 18 heavy (non-hydrogen) atoms. The molecule has 0 radical (unpaired) electrons. The number of rotatable bonds is 3. The molecule has 0 saturated carbocycles. The van der Waals surface area contributed by atoms with Crippen LogP contribution in [0.3, 0.4) is 0 Å². The van der Waals surface area contributed by atoms with Crippen LogP contribution in [0.1, 0.15) is 12.2 Å². The van der Waals surface area contributed by atoms with E-state index in [-0.39, 0.29) is 17.8 Å². The van der Waals surface area contributed by atoms with Crippen molar-refractivity contribution in [2.75, 3.05) is 6.54 Å². The molecule has 1 saturated heterocycles. The lowest BCUT2D eigenvalue weighted by atomic mass is 10.1. The molecule has 0 spiro atoms. The van der Waals surface area contributed by atoms with Crippen molar-refractivity contribution >= 4 is 16.9 Å². The lowest BCUT2D eigenvalue weighted by Crippen LogP contribution is -2.53. The summed E-state index contributed by atoms with van der Waals surface area (Å²) in [5, 5.41) is 5.81. The molecule has 3 N–H and O–H groups in total. The Labute approximate surface area is 103 Å². The quantitative estimate of drug-likeness (QED) is 0.748. The fourth-order valence-electron chi connectivity index (χ4n) is 1.92. The molecule has 1 aromatic heterocycles. The van der Waals surface area contributed by atoms with E-state index in [0.29, 0.717) is 23.4 Å². The Kier molecular flexibility index (Phi) is 2.71. The molecule has 1 aromatic carbocycles. The number of fused-ring (bicyclic) bond motifs is 1. The van der Waals surface area contributed by atoms with Gasteiger partial charge >= 0.3 is 0 Å². The number of benzene rings is 1. The molecular weight excluding hydrogens is 235 g/mol. The van der Waals surface area contributed by atoms with Crippen molar-refractivity contribution in [3.05, 3.63) is 29.8 Å². The first-order valence-corrected chi connectivity index (χ1v) is 5.87. The number of aromatic nitrogens is 2. The van der Waals surface area contributed by atoms with Gasteiger partial charge < -0.3 is 15.6 Å². The zero-order valence-electron chi connectivity index (χ0n) is 9.66. The number of imidazole rings is 1. The van der Waals surface area contributed by atoms with Gasteiger partial charge in [0.2, 0.25) is 5.91 Å². The summed E-state index contributed by atoms with van der Waals surface area (Å²) in [6, 6.07) is 4.29. The molecule has 2 heterocycles. The van der Waals surface area contributed by atoms with Gasteiger partial charge in [-0.25, -0.2) is 9.37 Å². The van der Waals surface area contributed by atoms with E-state index in [1.807, 2.05) is 0 Å². The molecule has 2 aromatic rings. The Hall–Kier alpha value is -1.95. The monoisotopic (exact) mass is 248 g/mol. The number of halogens is 1. The van der Waals surface area contributed by atoms with E-state index >= 15 is 0 Å². The molecule has 1 atom stereocenters. The number of amides is 1. The van der Waals surface area contributed by atoms with Crippen molar-refractivity contribution in [2.45, 2.75) is 19.0 Å². The standard InChI is InChI=1S/C12H13FN4O/c13-7-1-2-8-10(5-7)17-11(16-8)6-15-12(18)9-3-4-14-9/h1-2,5,9,14H,3-4,6H2,(H,15,18)(H,16,17)/t9-/m0/s1. The summed E-state index contributed by atoms with van der Waals surface area (Å²) in [6.07, 6.45) is 0.872. The second-order valence-electron chi connectivity index (χ2n) is 4.36. The van der Waals surface area contributed by atoms with Crippen LogP contribution in [0.25, 0.3) is 11.0 Å². The van der Waals surface area contributed by atoms with Crippen LogP contribution in [0, 0.1) is 5.82 Å². The molecule has 3 rings (SSSR count). The minimum atomic E-state index is -0.305. The van der Waals surface area contributed by atoms with Crippen molar-refractivity contribution in [2.24, 2.45) is 0 Å². The zero-order valence-corrected chi connectivity index (χ0v) is 9.66. The van der Waals surface area contributed by atoms with Gasteiger partial charge in [-0.05, 0) is 31.2 Å². The predicted molar refractivity (Wildman–Crippen MR) is 64.3 cm³/mol. The lowest BCUT2D eigenvalue weighted by molar-refractivity contribution is -0.124. The average Bonchev–Trinajstić information content (AvgIpc) is 2.65. The number of H-pyrrole nitrogens is 1. The summed E-state index contributed by atoms with van der Waals surface area (Å²) in [7, 11) is 0. The molecule has 1 fully saturated rings. The lowest BCUT2D eigenvalue weighted by Gasteiger charge is -2.25. The summed E-state index contributed by atoms with van der Waals surface area (Å²) in [6.45, 7) is 1.22. The van der Waals surface area contributed by atoms with Crippen LogP contribution in [-0.2, 0) is 11.3 Å². The summed E-state index contributed by atoms with van der Waals surface area (Å²) < 4.78 is 13.0. The Morgan fingerprint density at radius 3 is 3.11 bits per heavy atom. The molecular formula is C12H13FN4O. The van der Waals surface area contributed by atoms with Crippen molar-refractivity contribution < 1.29 is 9.18 Å². The van der Waals surface area contributed by atoms with Gasteiger partial charge in [-0.1, -0.05) is 0 Å². The largest absolute Gasteiger partial charge is 0.348 e. The van der Waals surface area contributed by atoms with Gasteiger partial charge in [0.25, 0.3) is 0 Å². The molecule has 1 amide bonds. The van der Waals surface area contributed by atoms with Crippen molar-refractivity contribution in [1.82, 2.24) is 20.6 Å². The highest BCUT2D eigenvalue weighted by molar-refractivity contribution is 5.82. The topological polar surface area (TPSA) is 69.8 Å². The Morgan fingerprint density at radius 2 is 2.39 bits per heavy atom. The SMILES string of the molecule is O=C(NCc1nc2ccc(F)cc2[nH]1)[C@@H]1CCN1. The molecule has 6 heteroatoms. The van der Waals surface area contributed by atoms with Crippen LogP contribution >= 0.6 is 0 Å². The van der Waals surface area contributed by atoms with E-state index in [0.717, 1.165) is 13.0 Å². The maximum atomic E-state index is 13.0. The van der Waals surface area contributed by atoms with E-state index in [1.54, 1.807) is 6.07 Å². The smallest absolute Gasteiger partial charge is 0.237 e. The van der Waals surface area contributed by atoms with Crippen LogP contribution in [0.4, 0.5) is 4.39 Å². The van der Waals surface area contributed by atoms with Crippen molar-refractivity contribution in [3.63, 3.8) is 0 Å². The average molecular weight is 248 g/mol. The van der Waals surface area contributed by atoms with Crippen LogP contribution < -0.4 is 10.6 Å². The first-order chi connectivity index (χ1) is 8.72. The third kappa shape index (κ3) is 2.06. The van der Waals surface area contributed by atoms with Gasteiger partial charge in [0.15, 0.2) is 0 Å². The number of aromatic amines is 1. The van der Waals surface area contributed by atoms with Crippen LogP contribution in [-0.4, -0.2) is 28.5 Å². The predicted octanol–water partition coefficient (Wildman–Crippen LogP) is 0.680. The summed E-state index contributed by atoms with van der Waals surface area (Å²) in [4.78, 5) is 18.8. The van der Waals surface area contributed by atoms with E-state index in [2.05, 4.69) is 20.6 Å². The minimum Gasteiger partial charge on any atom is -0.348 e. The maximum Gasteiger partial charge on any atom is 0.237 e. The van der Waals surface area contributed by atoms with E-state index < -0.39 is 0 Å². The molecule has 0 bridgehead atoms. The van der Waals surface area contributed by atoms with Gasteiger partial charge in [0.05, 0.1) is 23.6 Å². The van der Waals surface area contributed by atoms with E-state index in [1.165, 1.54) is 12.1 Å². The fraction of sp³-hybridized carbons (Fsp3) is 0.333. The number of hydrogen-bond acceptors (Lipinski definition) is 3. The van der Waals surface area contributed by atoms with E-state index in [9.17, 15) is 9.18 Å². The van der Waals surface area contributed by atoms with Crippen LogP contribution in [0.15, 0.2) is 18.2 Å². The molecule has 0 unspecified atom stereocenters. The summed E-state index contributed by atoms with van der Waals surface area (Å²) in [5.41, 5.74) is 1.34. The highest BCUT2D eigenvalue weighted by Crippen LogP contribution is 2.12. The minimum absolute atomic E-state index is 0.0205.